The Morgan fingerprint density at radius 2 is 1.66 bits per heavy atom. The number of carbonyl (C=O) groups is 2. The molecule has 0 spiro atoms. The van der Waals surface area contributed by atoms with Crippen molar-refractivity contribution >= 4 is 27.5 Å². The molecule has 9 heteroatoms. The van der Waals surface area contributed by atoms with E-state index in [0.717, 1.165) is 36.9 Å². The lowest BCUT2D eigenvalue weighted by Gasteiger charge is -2.27. The zero-order valence-electron chi connectivity index (χ0n) is 18.6. The molecule has 2 fully saturated rings. The highest BCUT2D eigenvalue weighted by atomic mass is 32.2. The zero-order valence-corrected chi connectivity index (χ0v) is 19.4. The number of morpholine rings is 1. The predicted molar refractivity (Wildman–Crippen MR) is 121 cm³/mol. The Morgan fingerprint density at radius 1 is 0.969 bits per heavy atom. The second-order valence-electron chi connectivity index (χ2n) is 8.89. The first-order valence-electron chi connectivity index (χ1n) is 11.8. The molecule has 1 saturated carbocycles. The van der Waals surface area contributed by atoms with Gasteiger partial charge in [-0.3, -0.25) is 9.59 Å². The van der Waals surface area contributed by atoms with Gasteiger partial charge in [0.25, 0.3) is 0 Å². The molecule has 32 heavy (non-hydrogen) atoms. The molecule has 2 aliphatic heterocycles. The molecule has 1 N–H and O–H groups in total. The van der Waals surface area contributed by atoms with Crippen LogP contribution in [0.15, 0.2) is 23.1 Å². The van der Waals surface area contributed by atoms with Crippen LogP contribution >= 0.6 is 0 Å². The summed E-state index contributed by atoms with van der Waals surface area (Å²) in [5.74, 6) is -0.121. The normalized spacial score (nSPS) is 20.1. The summed E-state index contributed by atoms with van der Waals surface area (Å²) in [4.78, 5) is 28.8. The molecular weight excluding hydrogens is 430 g/mol. The smallest absolute Gasteiger partial charge is 0.240 e. The first-order chi connectivity index (χ1) is 15.4. The van der Waals surface area contributed by atoms with Gasteiger partial charge in [-0.1, -0.05) is 25.7 Å². The maximum absolute atomic E-state index is 12.9. The first-order valence-corrected chi connectivity index (χ1v) is 13.2. The molecule has 0 bridgehead atoms. The number of amides is 2. The van der Waals surface area contributed by atoms with Crippen molar-refractivity contribution in [2.24, 2.45) is 0 Å². The van der Waals surface area contributed by atoms with Crippen LogP contribution in [0.5, 0.6) is 0 Å². The molecule has 0 unspecified atom stereocenters. The van der Waals surface area contributed by atoms with E-state index >= 15 is 0 Å². The van der Waals surface area contributed by atoms with Crippen LogP contribution in [0.1, 0.15) is 56.9 Å². The van der Waals surface area contributed by atoms with Gasteiger partial charge in [-0.25, -0.2) is 13.1 Å². The van der Waals surface area contributed by atoms with Crippen molar-refractivity contribution in [3.63, 3.8) is 0 Å². The minimum absolute atomic E-state index is 0.00201. The van der Waals surface area contributed by atoms with E-state index in [1.807, 2.05) is 0 Å². The molecule has 8 nitrogen and oxygen atoms in total. The number of nitrogens with one attached hydrogen (secondary N) is 1. The second-order valence-corrected chi connectivity index (χ2v) is 10.6. The number of nitrogens with zero attached hydrogens (tertiary/aromatic N) is 2. The highest BCUT2D eigenvalue weighted by molar-refractivity contribution is 7.89. The number of sulfonamides is 1. The van der Waals surface area contributed by atoms with E-state index in [-0.39, 0.29) is 35.6 Å². The van der Waals surface area contributed by atoms with Crippen molar-refractivity contribution in [3.05, 3.63) is 23.8 Å². The Kier molecular flexibility index (Phi) is 7.48. The SMILES string of the molecule is O=C(CCC(=O)N1CCc2cc(S(=O)(=O)NC3CCCCCC3)ccc21)N1CCOCC1. The van der Waals surface area contributed by atoms with Crippen molar-refractivity contribution in [1.29, 1.82) is 0 Å². The van der Waals surface area contributed by atoms with Gasteiger partial charge in [-0.15, -0.1) is 0 Å². The number of hydrogen-bond donors (Lipinski definition) is 1. The third-order valence-electron chi connectivity index (χ3n) is 6.65. The van der Waals surface area contributed by atoms with Gasteiger partial charge < -0.3 is 14.5 Å². The summed E-state index contributed by atoms with van der Waals surface area (Å²) in [7, 11) is -3.58. The molecule has 0 radical (unpaired) electrons. The molecule has 4 rings (SSSR count). The molecule has 1 aromatic rings. The Balaban J connectivity index is 1.37. The predicted octanol–water partition coefficient (Wildman–Crippen LogP) is 2.22. The number of ether oxygens (including phenoxy) is 1. The average molecular weight is 464 g/mol. The fraction of sp³-hybridized carbons (Fsp3) is 0.652. The third kappa shape index (κ3) is 5.50. The van der Waals surface area contributed by atoms with E-state index in [4.69, 9.17) is 4.74 Å². The summed E-state index contributed by atoms with van der Waals surface area (Å²) >= 11 is 0. The molecule has 1 aliphatic carbocycles. The molecule has 2 amide bonds. The number of fused-ring (bicyclic) bond motifs is 1. The van der Waals surface area contributed by atoms with Gasteiger partial charge in [-0.05, 0) is 43.0 Å². The standard InChI is InChI=1S/C23H33N3O5S/c27-22(25-13-15-31-16-14-25)9-10-23(28)26-12-11-18-17-20(7-8-21(18)26)32(29,30)24-19-5-3-1-2-4-6-19/h7-8,17,19,24H,1-6,9-16H2. The number of rotatable bonds is 6. The Bertz CT molecular complexity index is 935. The van der Waals surface area contributed by atoms with Crippen molar-refractivity contribution in [1.82, 2.24) is 9.62 Å². The molecule has 1 saturated heterocycles. The van der Waals surface area contributed by atoms with Gasteiger partial charge in [0.05, 0.1) is 18.1 Å². The monoisotopic (exact) mass is 463 g/mol. The topological polar surface area (TPSA) is 96.0 Å². The molecular formula is C23H33N3O5S. The lowest BCUT2D eigenvalue weighted by molar-refractivity contribution is -0.136. The minimum Gasteiger partial charge on any atom is -0.378 e. The van der Waals surface area contributed by atoms with Crippen LogP contribution in [0.25, 0.3) is 0 Å². The van der Waals surface area contributed by atoms with E-state index in [1.54, 1.807) is 28.0 Å². The zero-order chi connectivity index (χ0) is 22.6. The molecule has 0 atom stereocenters. The lowest BCUT2D eigenvalue weighted by Crippen LogP contribution is -2.41. The largest absolute Gasteiger partial charge is 0.378 e. The van der Waals surface area contributed by atoms with Crippen LogP contribution < -0.4 is 9.62 Å². The third-order valence-corrected chi connectivity index (χ3v) is 8.17. The van der Waals surface area contributed by atoms with E-state index in [1.165, 1.54) is 12.8 Å². The van der Waals surface area contributed by atoms with E-state index in [0.29, 0.717) is 39.3 Å². The Hall–Kier alpha value is -1.97. The fourth-order valence-corrected chi connectivity index (χ4v) is 6.16. The van der Waals surface area contributed by atoms with Crippen LogP contribution in [0, 0.1) is 0 Å². The van der Waals surface area contributed by atoms with Crippen molar-refractivity contribution in [2.45, 2.75) is 68.7 Å². The van der Waals surface area contributed by atoms with E-state index in [2.05, 4.69) is 4.72 Å². The summed E-state index contributed by atoms with van der Waals surface area (Å²) in [5, 5.41) is 0. The maximum Gasteiger partial charge on any atom is 0.240 e. The van der Waals surface area contributed by atoms with Gasteiger partial charge in [-0.2, -0.15) is 0 Å². The van der Waals surface area contributed by atoms with Crippen LogP contribution in [-0.2, 0) is 30.8 Å². The fourth-order valence-electron chi connectivity index (χ4n) is 4.81. The first kappa shape index (κ1) is 23.2. The Morgan fingerprint density at radius 3 is 2.38 bits per heavy atom. The quantitative estimate of drug-likeness (QED) is 0.653. The van der Waals surface area contributed by atoms with Crippen molar-refractivity contribution < 1.29 is 22.7 Å². The van der Waals surface area contributed by atoms with Gasteiger partial charge in [0.15, 0.2) is 0 Å². The summed E-state index contributed by atoms with van der Waals surface area (Å²) in [5.41, 5.74) is 1.61. The summed E-state index contributed by atoms with van der Waals surface area (Å²) < 4.78 is 34.0. The molecule has 1 aromatic carbocycles. The average Bonchev–Trinajstić information content (AvgIpc) is 3.07. The highest BCUT2D eigenvalue weighted by Gasteiger charge is 2.28. The van der Waals surface area contributed by atoms with Crippen molar-refractivity contribution in [2.75, 3.05) is 37.7 Å². The van der Waals surface area contributed by atoms with Crippen LogP contribution in [0.3, 0.4) is 0 Å². The number of hydrogen-bond acceptors (Lipinski definition) is 5. The van der Waals surface area contributed by atoms with Crippen LogP contribution in [-0.4, -0.2) is 64.0 Å². The van der Waals surface area contributed by atoms with Gasteiger partial charge in [0.2, 0.25) is 21.8 Å². The van der Waals surface area contributed by atoms with Gasteiger partial charge in [0, 0.05) is 44.2 Å². The number of anilines is 1. The van der Waals surface area contributed by atoms with Crippen molar-refractivity contribution in [3.8, 4) is 0 Å². The number of benzene rings is 1. The van der Waals surface area contributed by atoms with E-state index in [9.17, 15) is 18.0 Å². The Labute approximate surface area is 190 Å². The summed E-state index contributed by atoms with van der Waals surface area (Å²) in [6, 6.07) is 5.01. The highest BCUT2D eigenvalue weighted by Crippen LogP contribution is 2.31. The minimum atomic E-state index is -3.58. The molecule has 176 valence electrons. The van der Waals surface area contributed by atoms with Gasteiger partial charge >= 0.3 is 0 Å². The summed E-state index contributed by atoms with van der Waals surface area (Å²) in [6.07, 6.45) is 7.17. The molecule has 0 aromatic heterocycles. The second kappa shape index (κ2) is 10.3. The van der Waals surface area contributed by atoms with Crippen LogP contribution in [0.2, 0.25) is 0 Å². The number of carbonyl (C=O) groups excluding carboxylic acids is 2. The summed E-state index contributed by atoms with van der Waals surface area (Å²) in [6.45, 7) is 2.75. The van der Waals surface area contributed by atoms with Gasteiger partial charge in [0.1, 0.15) is 0 Å². The van der Waals surface area contributed by atoms with Crippen LogP contribution in [0.4, 0.5) is 5.69 Å². The molecule has 2 heterocycles. The van der Waals surface area contributed by atoms with E-state index < -0.39 is 10.0 Å². The molecule has 3 aliphatic rings. The maximum atomic E-state index is 12.9. The lowest BCUT2D eigenvalue weighted by atomic mass is 10.1.